The number of ketones is 1. The molecule has 134 valence electrons. The van der Waals surface area contributed by atoms with Crippen molar-refractivity contribution in [2.75, 3.05) is 13.2 Å². The van der Waals surface area contributed by atoms with E-state index in [4.69, 9.17) is 9.84 Å². The minimum Gasteiger partial charge on any atom is -0.463 e. The first-order valence-electron chi connectivity index (χ1n) is 8.67. The molecular weight excluding hydrogens is 304 g/mol. The summed E-state index contributed by atoms with van der Waals surface area (Å²) in [6.07, 6.45) is 2.10. The second-order valence-corrected chi connectivity index (χ2v) is 6.81. The topological polar surface area (TPSA) is 63.6 Å². The van der Waals surface area contributed by atoms with Crippen LogP contribution in [-0.4, -0.2) is 30.1 Å². The number of hydrogen-bond acceptors (Lipinski definition) is 4. The van der Waals surface area contributed by atoms with Crippen molar-refractivity contribution in [1.29, 1.82) is 0 Å². The monoisotopic (exact) mass is 334 g/mol. The largest absolute Gasteiger partial charge is 0.463 e. The molecule has 0 heterocycles. The highest BCUT2D eigenvalue weighted by molar-refractivity contribution is 5.82. The highest BCUT2D eigenvalue weighted by atomic mass is 16.5. The van der Waals surface area contributed by atoms with Gasteiger partial charge in [0.1, 0.15) is 12.4 Å². The van der Waals surface area contributed by atoms with Crippen molar-refractivity contribution >= 4 is 11.8 Å². The van der Waals surface area contributed by atoms with Gasteiger partial charge in [0.25, 0.3) is 0 Å². The molecule has 0 radical (unpaired) electrons. The van der Waals surface area contributed by atoms with E-state index in [0.717, 1.165) is 12.0 Å². The molecule has 0 saturated carbocycles. The zero-order chi connectivity index (χ0) is 18.2. The van der Waals surface area contributed by atoms with Crippen molar-refractivity contribution in [2.45, 2.75) is 52.9 Å². The Labute approximate surface area is 145 Å². The summed E-state index contributed by atoms with van der Waals surface area (Å²) in [4.78, 5) is 24.1. The summed E-state index contributed by atoms with van der Waals surface area (Å²) in [5.41, 5.74) is 0.745. The molecule has 24 heavy (non-hydrogen) atoms. The van der Waals surface area contributed by atoms with Gasteiger partial charge in [-0.3, -0.25) is 9.59 Å². The van der Waals surface area contributed by atoms with E-state index in [1.807, 2.05) is 51.1 Å². The fourth-order valence-electron chi connectivity index (χ4n) is 2.95. The maximum Gasteiger partial charge on any atom is 0.308 e. The van der Waals surface area contributed by atoms with Gasteiger partial charge in [-0.2, -0.15) is 0 Å². The Morgan fingerprint density at radius 3 is 2.38 bits per heavy atom. The van der Waals surface area contributed by atoms with E-state index in [9.17, 15) is 9.59 Å². The van der Waals surface area contributed by atoms with Crippen molar-refractivity contribution in [1.82, 2.24) is 0 Å². The summed E-state index contributed by atoms with van der Waals surface area (Å²) in [6, 6.07) is 10.0. The number of carbonyl (C=O) groups is 2. The smallest absolute Gasteiger partial charge is 0.308 e. The highest BCUT2D eigenvalue weighted by Crippen LogP contribution is 2.38. The minimum absolute atomic E-state index is 0.0271. The first-order chi connectivity index (χ1) is 11.3. The van der Waals surface area contributed by atoms with Gasteiger partial charge in [-0.15, -0.1) is 0 Å². The average Bonchev–Trinajstić information content (AvgIpc) is 2.59. The lowest BCUT2D eigenvalue weighted by Gasteiger charge is -2.31. The van der Waals surface area contributed by atoms with Crippen LogP contribution in [0, 0.1) is 11.3 Å². The third kappa shape index (κ3) is 5.75. The third-order valence-corrected chi connectivity index (χ3v) is 4.97. The summed E-state index contributed by atoms with van der Waals surface area (Å²) in [6.45, 7) is 7.37. The molecular formula is C20H30O4. The Bertz CT molecular complexity index is 526. The van der Waals surface area contributed by atoms with E-state index >= 15 is 0 Å². The molecule has 1 aromatic carbocycles. The Kier molecular flexibility index (Phi) is 8.13. The van der Waals surface area contributed by atoms with Gasteiger partial charge >= 0.3 is 5.97 Å². The molecule has 0 aliphatic carbocycles. The van der Waals surface area contributed by atoms with Crippen molar-refractivity contribution in [2.24, 2.45) is 11.3 Å². The lowest BCUT2D eigenvalue weighted by Crippen LogP contribution is -2.28. The Morgan fingerprint density at radius 2 is 1.88 bits per heavy atom. The van der Waals surface area contributed by atoms with Gasteiger partial charge in [-0.05, 0) is 37.7 Å². The number of carbonyl (C=O) groups excluding carboxylic acids is 2. The fraction of sp³-hybridized carbons (Fsp3) is 0.600. The van der Waals surface area contributed by atoms with Crippen LogP contribution in [-0.2, 0) is 14.3 Å². The number of aliphatic hydroxyl groups excluding tert-OH is 1. The molecule has 0 bridgehead atoms. The second-order valence-electron chi connectivity index (χ2n) is 6.81. The molecule has 1 N–H and O–H groups in total. The van der Waals surface area contributed by atoms with Crippen LogP contribution >= 0.6 is 0 Å². The maximum atomic E-state index is 12.1. The van der Waals surface area contributed by atoms with Crippen LogP contribution in [0.3, 0.4) is 0 Å². The number of aliphatic hydroxyl groups is 1. The zero-order valence-electron chi connectivity index (χ0n) is 15.2. The molecule has 0 fully saturated rings. The molecule has 0 spiro atoms. The molecule has 4 nitrogen and oxygen atoms in total. The molecule has 1 aromatic rings. The summed E-state index contributed by atoms with van der Waals surface area (Å²) >= 11 is 0. The standard InChI is InChI=1S/C20H30O4/c1-5-20(4,16(3)22)14-18(17-9-7-6-8-10-17)13-15(2)19(23)24-12-11-21/h6-10,15,18,21H,5,11-14H2,1-4H3. The SMILES string of the molecule is CCC(C)(CC(CC(C)C(=O)OCCO)c1ccccc1)C(C)=O. The second kappa shape index (κ2) is 9.58. The molecule has 0 amide bonds. The Morgan fingerprint density at radius 1 is 1.25 bits per heavy atom. The van der Waals surface area contributed by atoms with E-state index in [-0.39, 0.29) is 36.8 Å². The zero-order valence-corrected chi connectivity index (χ0v) is 15.2. The first kappa shape index (κ1) is 20.4. The van der Waals surface area contributed by atoms with Gasteiger partial charge in [0.05, 0.1) is 12.5 Å². The van der Waals surface area contributed by atoms with E-state index in [1.165, 1.54) is 0 Å². The predicted octanol–water partition coefficient (Wildman–Crippen LogP) is 3.73. The molecule has 0 aliphatic rings. The number of hydrogen-bond donors (Lipinski definition) is 1. The number of rotatable bonds is 10. The first-order valence-corrected chi connectivity index (χ1v) is 8.67. The lowest BCUT2D eigenvalue weighted by atomic mass is 9.72. The van der Waals surface area contributed by atoms with Crippen LogP contribution in [0.1, 0.15) is 58.4 Å². The van der Waals surface area contributed by atoms with Gasteiger partial charge < -0.3 is 9.84 Å². The molecule has 3 unspecified atom stereocenters. The van der Waals surface area contributed by atoms with E-state index < -0.39 is 5.41 Å². The summed E-state index contributed by atoms with van der Waals surface area (Å²) < 4.78 is 5.04. The van der Waals surface area contributed by atoms with Gasteiger partial charge in [0.2, 0.25) is 0 Å². The van der Waals surface area contributed by atoms with E-state index in [0.29, 0.717) is 12.8 Å². The average molecular weight is 334 g/mol. The molecule has 0 aliphatic heterocycles. The molecule has 1 rings (SSSR count). The number of Topliss-reactive ketones (excluding diaryl/α,β-unsaturated/α-hetero) is 1. The van der Waals surface area contributed by atoms with Crippen LogP contribution in [0.15, 0.2) is 30.3 Å². The number of benzene rings is 1. The quantitative estimate of drug-likeness (QED) is 0.662. The number of esters is 1. The van der Waals surface area contributed by atoms with Crippen LogP contribution in [0.5, 0.6) is 0 Å². The van der Waals surface area contributed by atoms with Gasteiger partial charge in [-0.1, -0.05) is 51.1 Å². The molecule has 4 heteroatoms. The van der Waals surface area contributed by atoms with Crippen LogP contribution in [0.4, 0.5) is 0 Å². The van der Waals surface area contributed by atoms with Gasteiger partial charge in [0.15, 0.2) is 0 Å². The third-order valence-electron chi connectivity index (χ3n) is 4.97. The molecule has 0 saturated heterocycles. The normalized spacial score (nSPS) is 16.0. The van der Waals surface area contributed by atoms with E-state index in [2.05, 4.69) is 0 Å². The Hall–Kier alpha value is -1.68. The van der Waals surface area contributed by atoms with Crippen molar-refractivity contribution < 1.29 is 19.4 Å². The minimum atomic E-state index is -0.394. The van der Waals surface area contributed by atoms with Crippen molar-refractivity contribution in [3.63, 3.8) is 0 Å². The molecule has 3 atom stereocenters. The number of ether oxygens (including phenoxy) is 1. The molecule has 0 aromatic heterocycles. The van der Waals surface area contributed by atoms with Crippen molar-refractivity contribution in [3.05, 3.63) is 35.9 Å². The summed E-state index contributed by atoms with van der Waals surface area (Å²) in [7, 11) is 0. The van der Waals surface area contributed by atoms with Gasteiger partial charge in [0, 0.05) is 5.41 Å². The van der Waals surface area contributed by atoms with Crippen molar-refractivity contribution in [3.8, 4) is 0 Å². The summed E-state index contributed by atoms with van der Waals surface area (Å²) in [5.74, 6) is -0.293. The fourth-order valence-corrected chi connectivity index (χ4v) is 2.95. The highest BCUT2D eigenvalue weighted by Gasteiger charge is 2.33. The summed E-state index contributed by atoms with van der Waals surface area (Å²) in [5, 5.41) is 8.79. The Balaban J connectivity index is 2.95. The van der Waals surface area contributed by atoms with Crippen LogP contribution in [0.2, 0.25) is 0 Å². The van der Waals surface area contributed by atoms with E-state index in [1.54, 1.807) is 6.92 Å². The predicted molar refractivity (Wildman–Crippen MR) is 94.7 cm³/mol. The lowest BCUT2D eigenvalue weighted by molar-refractivity contribution is -0.149. The van der Waals surface area contributed by atoms with Gasteiger partial charge in [-0.25, -0.2) is 0 Å². The van der Waals surface area contributed by atoms with Crippen LogP contribution < -0.4 is 0 Å². The maximum absolute atomic E-state index is 12.1. The van der Waals surface area contributed by atoms with Crippen LogP contribution in [0.25, 0.3) is 0 Å².